The van der Waals surface area contributed by atoms with Crippen molar-refractivity contribution in [2.24, 2.45) is 17.3 Å². The van der Waals surface area contributed by atoms with Crippen molar-refractivity contribution in [3.8, 4) is 0 Å². The van der Waals surface area contributed by atoms with Gasteiger partial charge in [0, 0.05) is 23.8 Å². The van der Waals surface area contributed by atoms with Crippen LogP contribution in [0, 0.1) is 17.3 Å². The molecular weight excluding hydrogens is 300 g/mol. The minimum absolute atomic E-state index is 0.277. The van der Waals surface area contributed by atoms with Crippen LogP contribution in [-0.4, -0.2) is 46.1 Å². The molecule has 2 saturated carbocycles. The summed E-state index contributed by atoms with van der Waals surface area (Å²) in [6.45, 7) is 8.68. The summed E-state index contributed by atoms with van der Waals surface area (Å²) in [5, 5.41) is 21.5. The molecule has 1 saturated heterocycles. The smallest absolute Gasteiger partial charge is 0.334 e. The van der Waals surface area contributed by atoms with Gasteiger partial charge in [-0.1, -0.05) is 13.5 Å². The Kier molecular flexibility index (Phi) is 3.61. The maximum absolute atomic E-state index is 11.9. The molecule has 2 aliphatic carbocycles. The third-order valence-electron chi connectivity index (χ3n) is 6.01. The van der Waals surface area contributed by atoms with Crippen LogP contribution in [0.25, 0.3) is 0 Å². The topological polar surface area (TPSA) is 93.1 Å². The van der Waals surface area contributed by atoms with E-state index >= 15 is 0 Å². The highest BCUT2D eigenvalue weighted by molar-refractivity contribution is 5.91. The van der Waals surface area contributed by atoms with E-state index < -0.39 is 53.1 Å². The first-order valence-electron chi connectivity index (χ1n) is 8.05. The van der Waals surface area contributed by atoms with Gasteiger partial charge >= 0.3 is 11.9 Å². The first kappa shape index (κ1) is 16.5. The number of aliphatic hydroxyl groups is 2. The average Bonchev–Trinajstić information content (AvgIpc) is 2.68. The molecular formula is C17H24O6. The maximum Gasteiger partial charge on any atom is 0.334 e. The SMILES string of the molecule is C=C1C(=O)OC2CC3(C)C(O)CCC(C)(O)C3C(OC(C)=O)C12. The predicted octanol–water partition coefficient (Wildman–Crippen LogP) is 0.948. The number of carbonyl (C=O) groups excluding carboxylic acids is 2. The van der Waals surface area contributed by atoms with Gasteiger partial charge in [0.15, 0.2) is 0 Å². The molecule has 3 rings (SSSR count). The highest BCUT2D eigenvalue weighted by Crippen LogP contribution is 2.59. The van der Waals surface area contributed by atoms with Crippen LogP contribution in [0.2, 0.25) is 0 Å². The van der Waals surface area contributed by atoms with E-state index in [-0.39, 0.29) is 5.57 Å². The second-order valence-electron chi connectivity index (χ2n) is 7.67. The Morgan fingerprint density at radius 2 is 2.09 bits per heavy atom. The quantitative estimate of drug-likeness (QED) is 0.551. The summed E-state index contributed by atoms with van der Waals surface area (Å²) in [7, 11) is 0. The van der Waals surface area contributed by atoms with E-state index in [2.05, 4.69) is 6.58 Å². The number of carbonyl (C=O) groups is 2. The van der Waals surface area contributed by atoms with Crippen molar-refractivity contribution in [2.45, 2.75) is 63.9 Å². The van der Waals surface area contributed by atoms with Gasteiger partial charge in [-0.25, -0.2) is 4.79 Å². The van der Waals surface area contributed by atoms with Gasteiger partial charge < -0.3 is 19.7 Å². The summed E-state index contributed by atoms with van der Waals surface area (Å²) in [5.41, 5.74) is -1.53. The lowest BCUT2D eigenvalue weighted by molar-refractivity contribution is -0.235. The molecule has 0 spiro atoms. The number of ether oxygens (including phenoxy) is 2. The molecule has 0 aromatic heterocycles. The monoisotopic (exact) mass is 324 g/mol. The van der Waals surface area contributed by atoms with Crippen molar-refractivity contribution in [3.63, 3.8) is 0 Å². The Morgan fingerprint density at radius 1 is 1.43 bits per heavy atom. The molecule has 7 unspecified atom stereocenters. The molecule has 0 amide bonds. The molecule has 23 heavy (non-hydrogen) atoms. The second kappa shape index (κ2) is 5.05. The minimum atomic E-state index is -1.11. The molecule has 6 nitrogen and oxygen atoms in total. The molecule has 3 aliphatic rings. The average molecular weight is 324 g/mol. The van der Waals surface area contributed by atoms with Crippen molar-refractivity contribution in [2.75, 3.05) is 0 Å². The van der Waals surface area contributed by atoms with Gasteiger partial charge in [0.1, 0.15) is 12.2 Å². The first-order chi connectivity index (χ1) is 10.6. The summed E-state index contributed by atoms with van der Waals surface area (Å²) in [6.07, 6.45) is -0.588. The van der Waals surface area contributed by atoms with Crippen LogP contribution in [0.15, 0.2) is 12.2 Å². The number of hydrogen-bond acceptors (Lipinski definition) is 6. The third kappa shape index (κ3) is 2.31. The van der Waals surface area contributed by atoms with Crippen molar-refractivity contribution in [3.05, 3.63) is 12.2 Å². The summed E-state index contributed by atoms with van der Waals surface area (Å²) in [6, 6.07) is 0. The largest absolute Gasteiger partial charge is 0.461 e. The molecule has 2 N–H and O–H groups in total. The molecule has 0 aromatic carbocycles. The lowest BCUT2D eigenvalue weighted by atomic mass is 9.50. The van der Waals surface area contributed by atoms with Crippen molar-refractivity contribution < 1.29 is 29.3 Å². The molecule has 0 bridgehead atoms. The van der Waals surface area contributed by atoms with Crippen LogP contribution in [0.4, 0.5) is 0 Å². The molecule has 7 atom stereocenters. The number of rotatable bonds is 1. The summed E-state index contributed by atoms with van der Waals surface area (Å²) in [4.78, 5) is 23.6. The van der Waals surface area contributed by atoms with Crippen LogP contribution in [0.1, 0.15) is 40.0 Å². The van der Waals surface area contributed by atoms with E-state index in [0.717, 1.165) is 0 Å². The molecule has 1 aliphatic heterocycles. The van der Waals surface area contributed by atoms with E-state index in [1.165, 1.54) is 6.92 Å². The van der Waals surface area contributed by atoms with E-state index in [9.17, 15) is 19.8 Å². The number of aliphatic hydroxyl groups excluding tert-OH is 1. The zero-order valence-corrected chi connectivity index (χ0v) is 13.7. The third-order valence-corrected chi connectivity index (χ3v) is 6.01. The zero-order valence-electron chi connectivity index (χ0n) is 13.7. The Balaban J connectivity index is 2.10. The molecule has 0 radical (unpaired) electrons. The standard InChI is InChI=1S/C17H24O6/c1-8-12-10(23-15(8)20)7-16(3)11(19)5-6-17(4,21)14(16)13(12)22-9(2)18/h10-14,19,21H,1,5-7H2,2-4H3. The molecule has 1 heterocycles. The van der Waals surface area contributed by atoms with Crippen LogP contribution in [-0.2, 0) is 19.1 Å². The van der Waals surface area contributed by atoms with Crippen molar-refractivity contribution in [1.29, 1.82) is 0 Å². The van der Waals surface area contributed by atoms with Gasteiger partial charge in [-0.3, -0.25) is 4.79 Å². The minimum Gasteiger partial charge on any atom is -0.461 e. The molecule has 3 fully saturated rings. The van der Waals surface area contributed by atoms with Crippen molar-refractivity contribution >= 4 is 11.9 Å². The lowest BCUT2D eigenvalue weighted by Gasteiger charge is -2.59. The zero-order chi connectivity index (χ0) is 17.2. The van der Waals surface area contributed by atoms with Gasteiger partial charge in [-0.2, -0.15) is 0 Å². The highest BCUT2D eigenvalue weighted by atomic mass is 16.6. The fraction of sp³-hybridized carbons (Fsp3) is 0.765. The maximum atomic E-state index is 11.9. The molecule has 6 heteroatoms. The van der Waals surface area contributed by atoms with Crippen LogP contribution in [0.3, 0.4) is 0 Å². The summed E-state index contributed by atoms with van der Waals surface area (Å²) in [5.74, 6) is -1.94. The number of hydrogen-bond donors (Lipinski definition) is 2. The summed E-state index contributed by atoms with van der Waals surface area (Å²) < 4.78 is 10.9. The fourth-order valence-corrected chi connectivity index (χ4v) is 5.02. The summed E-state index contributed by atoms with van der Waals surface area (Å²) >= 11 is 0. The first-order valence-corrected chi connectivity index (χ1v) is 8.05. The van der Waals surface area contributed by atoms with Crippen LogP contribution < -0.4 is 0 Å². The predicted molar refractivity (Wildman–Crippen MR) is 80.1 cm³/mol. The lowest BCUT2D eigenvalue weighted by Crippen LogP contribution is -2.65. The normalized spacial score (nSPS) is 49.2. The Labute approximate surface area is 135 Å². The number of fused-ring (bicyclic) bond motifs is 2. The van der Waals surface area contributed by atoms with Gasteiger partial charge in [0.2, 0.25) is 0 Å². The number of esters is 2. The van der Waals surface area contributed by atoms with Crippen LogP contribution >= 0.6 is 0 Å². The van der Waals surface area contributed by atoms with E-state index in [1.807, 2.05) is 6.92 Å². The van der Waals surface area contributed by atoms with Crippen LogP contribution in [0.5, 0.6) is 0 Å². The Morgan fingerprint density at radius 3 is 2.70 bits per heavy atom. The molecule has 128 valence electrons. The molecule has 0 aromatic rings. The van der Waals surface area contributed by atoms with E-state index in [0.29, 0.717) is 19.3 Å². The van der Waals surface area contributed by atoms with E-state index in [4.69, 9.17) is 9.47 Å². The van der Waals surface area contributed by atoms with E-state index in [1.54, 1.807) is 6.92 Å². The second-order valence-corrected chi connectivity index (χ2v) is 7.67. The Bertz CT molecular complexity index is 567. The highest BCUT2D eigenvalue weighted by Gasteiger charge is 2.66. The van der Waals surface area contributed by atoms with Gasteiger partial charge in [0.05, 0.1) is 17.6 Å². The Hall–Kier alpha value is -1.40. The van der Waals surface area contributed by atoms with Gasteiger partial charge in [-0.05, 0) is 26.2 Å². The van der Waals surface area contributed by atoms with Gasteiger partial charge in [0.25, 0.3) is 0 Å². The van der Waals surface area contributed by atoms with Crippen molar-refractivity contribution in [1.82, 2.24) is 0 Å². The fourth-order valence-electron chi connectivity index (χ4n) is 5.02. The van der Waals surface area contributed by atoms with Gasteiger partial charge in [-0.15, -0.1) is 0 Å².